The molecule has 1 amide bonds. The Morgan fingerprint density at radius 2 is 2.04 bits per heavy atom. The van der Waals surface area contributed by atoms with Crippen LogP contribution in [0, 0.1) is 16.0 Å². The van der Waals surface area contributed by atoms with E-state index in [1.807, 2.05) is 0 Å². The maximum absolute atomic E-state index is 12.6. The van der Waals surface area contributed by atoms with Crippen molar-refractivity contribution in [2.45, 2.75) is 17.1 Å². The van der Waals surface area contributed by atoms with Crippen LogP contribution in [0.25, 0.3) is 0 Å². The van der Waals surface area contributed by atoms with Crippen molar-refractivity contribution in [3.8, 4) is 5.75 Å². The smallest absolute Gasteiger partial charge is 0.271 e. The summed E-state index contributed by atoms with van der Waals surface area (Å²) >= 11 is 1.16. The van der Waals surface area contributed by atoms with Gasteiger partial charge in [0.1, 0.15) is 9.96 Å². The molecule has 0 radical (unpaired) electrons. The van der Waals surface area contributed by atoms with E-state index in [1.54, 1.807) is 17.5 Å². The first-order valence-electron chi connectivity index (χ1n) is 8.50. The molecule has 2 heterocycles. The number of thiophene rings is 1. The molecule has 1 saturated heterocycles. The quantitative estimate of drug-likeness (QED) is 0.561. The van der Waals surface area contributed by atoms with Gasteiger partial charge in [-0.15, -0.1) is 11.3 Å². The van der Waals surface area contributed by atoms with Crippen molar-refractivity contribution in [1.82, 2.24) is 4.31 Å². The Balaban J connectivity index is 1.66. The van der Waals surface area contributed by atoms with Gasteiger partial charge in [-0.2, -0.15) is 4.31 Å². The number of amides is 1. The molecule has 0 saturated carbocycles. The van der Waals surface area contributed by atoms with Gasteiger partial charge in [0.05, 0.1) is 17.7 Å². The van der Waals surface area contributed by atoms with Gasteiger partial charge in [0.2, 0.25) is 5.91 Å². The third-order valence-corrected chi connectivity index (χ3v) is 7.84. The van der Waals surface area contributed by atoms with Gasteiger partial charge in [0, 0.05) is 31.1 Å². The molecular formula is C17H19N3O6S2. The lowest BCUT2D eigenvalue weighted by Crippen LogP contribution is -2.41. The van der Waals surface area contributed by atoms with E-state index >= 15 is 0 Å². The SMILES string of the molecule is COc1ccc([N+](=O)[O-])cc1NC(=O)C1CCN(S(=O)(=O)c2cccs2)CC1. The summed E-state index contributed by atoms with van der Waals surface area (Å²) in [5.74, 6) is -0.387. The molecule has 1 aliphatic rings. The molecule has 2 aromatic rings. The molecule has 1 aromatic carbocycles. The number of sulfonamides is 1. The van der Waals surface area contributed by atoms with Gasteiger partial charge in [0.25, 0.3) is 15.7 Å². The Labute approximate surface area is 166 Å². The number of non-ortho nitro benzene ring substituents is 1. The summed E-state index contributed by atoms with van der Waals surface area (Å²) in [5, 5.41) is 15.3. The summed E-state index contributed by atoms with van der Waals surface area (Å²) in [6, 6.07) is 7.21. The van der Waals surface area contributed by atoms with Gasteiger partial charge in [-0.05, 0) is 30.4 Å². The Hall–Kier alpha value is -2.50. The minimum Gasteiger partial charge on any atom is -0.495 e. The van der Waals surface area contributed by atoms with E-state index < -0.39 is 20.9 Å². The molecule has 1 aromatic heterocycles. The molecule has 1 fully saturated rings. The fourth-order valence-corrected chi connectivity index (χ4v) is 5.65. The molecule has 150 valence electrons. The second-order valence-electron chi connectivity index (χ2n) is 6.24. The molecular weight excluding hydrogens is 406 g/mol. The Bertz CT molecular complexity index is 967. The van der Waals surface area contributed by atoms with Gasteiger partial charge in [-0.3, -0.25) is 14.9 Å². The highest BCUT2D eigenvalue weighted by molar-refractivity contribution is 7.91. The van der Waals surface area contributed by atoms with Crippen LogP contribution >= 0.6 is 11.3 Å². The topological polar surface area (TPSA) is 119 Å². The summed E-state index contributed by atoms with van der Waals surface area (Å²) in [6.45, 7) is 0.481. The highest BCUT2D eigenvalue weighted by Crippen LogP contribution is 2.31. The normalized spacial score (nSPS) is 15.9. The van der Waals surface area contributed by atoms with Gasteiger partial charge in [0.15, 0.2) is 0 Å². The van der Waals surface area contributed by atoms with Gasteiger partial charge >= 0.3 is 0 Å². The number of carbonyl (C=O) groups excluding carboxylic acids is 1. The molecule has 3 rings (SSSR count). The molecule has 9 nitrogen and oxygen atoms in total. The molecule has 0 unspecified atom stereocenters. The van der Waals surface area contributed by atoms with E-state index in [0.29, 0.717) is 18.6 Å². The lowest BCUT2D eigenvalue weighted by molar-refractivity contribution is -0.384. The van der Waals surface area contributed by atoms with Crippen molar-refractivity contribution in [1.29, 1.82) is 0 Å². The Morgan fingerprint density at radius 1 is 1.32 bits per heavy atom. The molecule has 0 atom stereocenters. The van der Waals surface area contributed by atoms with Crippen LogP contribution in [0.15, 0.2) is 39.9 Å². The van der Waals surface area contributed by atoms with Crippen molar-refractivity contribution in [3.63, 3.8) is 0 Å². The number of nitro groups is 1. The summed E-state index contributed by atoms with van der Waals surface area (Å²) in [5.41, 5.74) is 0.0586. The van der Waals surface area contributed by atoms with Gasteiger partial charge < -0.3 is 10.1 Å². The van der Waals surface area contributed by atoms with E-state index in [0.717, 1.165) is 11.3 Å². The van der Waals surface area contributed by atoms with Crippen LogP contribution in [0.3, 0.4) is 0 Å². The van der Waals surface area contributed by atoms with Crippen molar-refractivity contribution in [3.05, 3.63) is 45.8 Å². The van der Waals surface area contributed by atoms with E-state index in [4.69, 9.17) is 4.74 Å². The number of nitrogens with zero attached hydrogens (tertiary/aromatic N) is 2. The largest absolute Gasteiger partial charge is 0.495 e. The number of nitrogens with one attached hydrogen (secondary N) is 1. The zero-order chi connectivity index (χ0) is 20.3. The Kier molecular flexibility index (Phi) is 5.96. The fourth-order valence-electron chi connectivity index (χ4n) is 3.04. The number of nitro benzene ring substituents is 1. The summed E-state index contributed by atoms with van der Waals surface area (Å²) < 4.78 is 31.9. The molecule has 1 N–H and O–H groups in total. The van der Waals surface area contributed by atoms with Crippen molar-refractivity contribution in [2.24, 2.45) is 5.92 Å². The van der Waals surface area contributed by atoms with Crippen LogP contribution in [-0.2, 0) is 14.8 Å². The van der Waals surface area contributed by atoms with Crippen LogP contribution in [-0.4, -0.2) is 43.8 Å². The first-order chi connectivity index (χ1) is 13.3. The predicted molar refractivity (Wildman–Crippen MR) is 104 cm³/mol. The van der Waals surface area contributed by atoms with E-state index in [1.165, 1.54) is 29.6 Å². The van der Waals surface area contributed by atoms with Crippen LogP contribution in [0.4, 0.5) is 11.4 Å². The van der Waals surface area contributed by atoms with E-state index in [9.17, 15) is 23.3 Å². The zero-order valence-corrected chi connectivity index (χ0v) is 16.7. The van der Waals surface area contributed by atoms with Gasteiger partial charge in [-0.25, -0.2) is 8.42 Å². The van der Waals surface area contributed by atoms with Gasteiger partial charge in [-0.1, -0.05) is 6.07 Å². The third-order valence-electron chi connectivity index (χ3n) is 4.57. The maximum atomic E-state index is 12.6. The van der Waals surface area contributed by atoms with Crippen LogP contribution in [0.1, 0.15) is 12.8 Å². The second-order valence-corrected chi connectivity index (χ2v) is 9.35. The average molecular weight is 425 g/mol. The van der Waals surface area contributed by atoms with Crippen LogP contribution in [0.5, 0.6) is 5.75 Å². The molecule has 0 bridgehead atoms. The summed E-state index contributed by atoms with van der Waals surface area (Å²) in [7, 11) is -2.12. The lowest BCUT2D eigenvalue weighted by Gasteiger charge is -2.30. The number of rotatable bonds is 6. The van der Waals surface area contributed by atoms with Crippen LogP contribution in [0.2, 0.25) is 0 Å². The number of hydrogen-bond donors (Lipinski definition) is 1. The van der Waals surface area contributed by atoms with Crippen LogP contribution < -0.4 is 10.1 Å². The average Bonchev–Trinajstić information content (AvgIpc) is 3.23. The fraction of sp³-hybridized carbons (Fsp3) is 0.353. The second kappa shape index (κ2) is 8.25. The van der Waals surface area contributed by atoms with Crippen molar-refractivity contribution in [2.75, 3.05) is 25.5 Å². The molecule has 1 aliphatic heterocycles. The highest BCUT2D eigenvalue weighted by atomic mass is 32.2. The number of hydrogen-bond acceptors (Lipinski definition) is 7. The van der Waals surface area contributed by atoms with Crippen molar-refractivity contribution < 1.29 is 22.9 Å². The number of methoxy groups -OCH3 is 1. The minimum atomic E-state index is -3.53. The number of carbonyl (C=O) groups is 1. The standard InChI is InChI=1S/C17H19N3O6S2/c1-26-15-5-4-13(20(22)23)11-14(15)18-17(21)12-6-8-19(9-7-12)28(24,25)16-3-2-10-27-16/h2-5,10-12H,6-9H2,1H3,(H,18,21). The van der Waals surface area contributed by atoms with E-state index in [-0.39, 0.29) is 34.6 Å². The molecule has 0 spiro atoms. The third kappa shape index (κ3) is 4.16. The number of piperidine rings is 1. The first-order valence-corrected chi connectivity index (χ1v) is 10.8. The maximum Gasteiger partial charge on any atom is 0.271 e. The Morgan fingerprint density at radius 3 is 2.61 bits per heavy atom. The zero-order valence-electron chi connectivity index (χ0n) is 15.0. The molecule has 28 heavy (non-hydrogen) atoms. The number of anilines is 1. The predicted octanol–water partition coefficient (Wildman–Crippen LogP) is 2.70. The first kappa shape index (κ1) is 20.2. The lowest BCUT2D eigenvalue weighted by atomic mass is 9.97. The monoisotopic (exact) mass is 425 g/mol. The summed E-state index contributed by atoms with van der Waals surface area (Å²) in [4.78, 5) is 23.0. The summed E-state index contributed by atoms with van der Waals surface area (Å²) in [6.07, 6.45) is 0.737. The molecule has 0 aliphatic carbocycles. The highest BCUT2D eigenvalue weighted by Gasteiger charge is 2.33. The minimum absolute atomic E-state index is 0.159. The number of ether oxygens (including phenoxy) is 1. The number of benzene rings is 1. The molecule has 11 heteroatoms. The van der Waals surface area contributed by atoms with E-state index in [2.05, 4.69) is 5.32 Å². The van der Waals surface area contributed by atoms with Crippen molar-refractivity contribution >= 4 is 38.6 Å².